The fraction of sp³-hybridized carbons (Fsp3) is 0.556. The minimum Gasteiger partial charge on any atom is -0.360 e. The second-order valence-electron chi connectivity index (χ2n) is 8.81. The van der Waals surface area contributed by atoms with Crippen LogP contribution < -0.4 is 5.32 Å². The van der Waals surface area contributed by atoms with Gasteiger partial charge in [-0.3, -0.25) is 0 Å². The normalized spacial score (nSPS) is 13.7. The number of allylic oxidation sites excluding steroid dienone is 12. The molecule has 1 rings (SSSR count). The van der Waals surface area contributed by atoms with Gasteiger partial charge in [-0.05, 0) is 82.8 Å². The first-order valence-electron chi connectivity index (χ1n) is 14.9. The molecule has 0 spiro atoms. The Morgan fingerprint density at radius 2 is 1.18 bits per heavy atom. The maximum Gasteiger partial charge on any atom is 0.0981 e. The number of rotatable bonds is 9. The molecule has 1 saturated heterocycles. The lowest BCUT2D eigenvalue weighted by Crippen LogP contribution is -2.15. The van der Waals surface area contributed by atoms with Crippen LogP contribution in [0.25, 0.3) is 0 Å². The monoisotopic (exact) mass is 547 g/mol. The third-order valence-electron chi connectivity index (χ3n) is 5.04. The summed E-state index contributed by atoms with van der Waals surface area (Å²) in [4.78, 5) is 0. The molecule has 0 unspecified atom stereocenters. The topological polar surface area (TPSA) is 12.0 Å². The minimum absolute atomic E-state index is 0.775. The van der Waals surface area contributed by atoms with Crippen molar-refractivity contribution in [2.24, 2.45) is 0 Å². The van der Waals surface area contributed by atoms with Gasteiger partial charge in [0.1, 0.15) is 0 Å². The molecule has 38 heavy (non-hydrogen) atoms. The van der Waals surface area contributed by atoms with Crippen molar-refractivity contribution in [3.8, 4) is 0 Å². The third kappa shape index (κ3) is 25.8. The SMILES string of the molecule is C=CC.C=CC(/C=C(\C)C(=C)C=C(C)C)=C(C)\C=C(/C)NC(=C)C[P+]1(C)CCCC1.CC.CC.CC.CC. The summed E-state index contributed by atoms with van der Waals surface area (Å²) in [5, 5.41) is 3.52. The molecule has 0 bridgehead atoms. The predicted molar refractivity (Wildman–Crippen MR) is 189 cm³/mol. The van der Waals surface area contributed by atoms with Gasteiger partial charge in [0.05, 0.1) is 18.5 Å². The minimum atomic E-state index is -0.775. The molecule has 0 radical (unpaired) electrons. The molecule has 0 amide bonds. The molecule has 2 heteroatoms. The Hall–Kier alpha value is -1.85. The Morgan fingerprint density at radius 3 is 1.55 bits per heavy atom. The highest BCUT2D eigenvalue weighted by Crippen LogP contribution is 2.61. The number of hydrogen-bond acceptors (Lipinski definition) is 1. The fourth-order valence-electron chi connectivity index (χ4n) is 3.60. The molecule has 1 N–H and O–H groups in total. The zero-order chi connectivity index (χ0) is 31.3. The first kappa shape index (κ1) is 46.0. The van der Waals surface area contributed by atoms with Crippen LogP contribution in [-0.4, -0.2) is 25.2 Å². The molecule has 0 aliphatic carbocycles. The van der Waals surface area contributed by atoms with Crippen molar-refractivity contribution in [3.63, 3.8) is 0 Å². The van der Waals surface area contributed by atoms with E-state index in [1.807, 2.05) is 68.4 Å². The molecule has 1 heterocycles. The average Bonchev–Trinajstić information content (AvgIpc) is 3.32. The quantitative estimate of drug-likeness (QED) is 0.172. The van der Waals surface area contributed by atoms with Crippen molar-refractivity contribution in [1.29, 1.82) is 0 Å². The highest BCUT2D eigenvalue weighted by Gasteiger charge is 2.36. The van der Waals surface area contributed by atoms with Gasteiger partial charge in [0, 0.05) is 25.3 Å². The van der Waals surface area contributed by atoms with Crippen molar-refractivity contribution in [3.05, 3.63) is 96.0 Å². The van der Waals surface area contributed by atoms with E-state index >= 15 is 0 Å². The van der Waals surface area contributed by atoms with E-state index in [9.17, 15) is 0 Å². The molecule has 222 valence electrons. The van der Waals surface area contributed by atoms with E-state index in [1.54, 1.807) is 6.08 Å². The molecule has 1 aliphatic heterocycles. The van der Waals surface area contributed by atoms with E-state index in [1.165, 1.54) is 36.3 Å². The first-order valence-corrected chi connectivity index (χ1v) is 17.7. The van der Waals surface area contributed by atoms with Gasteiger partial charge < -0.3 is 5.32 Å². The lowest BCUT2D eigenvalue weighted by atomic mass is 10.0. The number of nitrogens with one attached hydrogen (secondary N) is 1. The van der Waals surface area contributed by atoms with E-state index in [0.717, 1.165) is 34.3 Å². The van der Waals surface area contributed by atoms with Crippen LogP contribution in [0.1, 0.15) is 110 Å². The molecule has 0 atom stereocenters. The molecule has 1 aliphatic rings. The van der Waals surface area contributed by atoms with Crippen LogP contribution in [0, 0.1) is 0 Å². The first-order chi connectivity index (χ1) is 18.0. The predicted octanol–water partition coefficient (Wildman–Crippen LogP) is 12.7. The van der Waals surface area contributed by atoms with Crippen molar-refractivity contribution in [2.75, 3.05) is 25.2 Å². The van der Waals surface area contributed by atoms with Gasteiger partial charge in [0.25, 0.3) is 0 Å². The van der Waals surface area contributed by atoms with Crippen LogP contribution in [0.2, 0.25) is 0 Å². The molecule has 0 aromatic heterocycles. The van der Waals surface area contributed by atoms with Crippen molar-refractivity contribution in [1.82, 2.24) is 5.32 Å². The smallest absolute Gasteiger partial charge is 0.0981 e. The Morgan fingerprint density at radius 1 is 0.763 bits per heavy atom. The largest absolute Gasteiger partial charge is 0.360 e. The molecule has 1 fully saturated rings. The summed E-state index contributed by atoms with van der Waals surface area (Å²) in [5.41, 5.74) is 8.07. The Balaban J connectivity index is -0.000000289. The Labute approximate surface area is 243 Å². The number of hydrogen-bond donors (Lipinski definition) is 1. The van der Waals surface area contributed by atoms with E-state index in [2.05, 4.69) is 91.1 Å². The van der Waals surface area contributed by atoms with E-state index < -0.39 is 7.26 Å². The Bertz CT molecular complexity index is 746. The zero-order valence-corrected chi connectivity index (χ0v) is 29.6. The maximum absolute atomic E-state index is 4.28. The summed E-state index contributed by atoms with van der Waals surface area (Å²) in [6.45, 7) is 46.7. The van der Waals surface area contributed by atoms with Crippen LogP contribution in [0.5, 0.6) is 0 Å². The summed E-state index contributed by atoms with van der Waals surface area (Å²) in [5.74, 6) is 0. The van der Waals surface area contributed by atoms with Crippen LogP contribution in [-0.2, 0) is 0 Å². The van der Waals surface area contributed by atoms with Crippen molar-refractivity contribution < 1.29 is 0 Å². The van der Waals surface area contributed by atoms with Gasteiger partial charge in [-0.1, -0.05) is 105 Å². The molecular weight excluding hydrogens is 477 g/mol. The van der Waals surface area contributed by atoms with Crippen LogP contribution in [0.4, 0.5) is 0 Å². The van der Waals surface area contributed by atoms with Gasteiger partial charge >= 0.3 is 0 Å². The van der Waals surface area contributed by atoms with Gasteiger partial charge in [0.15, 0.2) is 0 Å². The fourth-order valence-corrected chi connectivity index (χ4v) is 7.12. The van der Waals surface area contributed by atoms with E-state index in [-0.39, 0.29) is 0 Å². The highest BCUT2D eigenvalue weighted by atomic mass is 31.2. The molecule has 1 nitrogen and oxygen atoms in total. The molecule has 0 saturated carbocycles. The molecular formula is C36H69NP+. The summed E-state index contributed by atoms with van der Waals surface area (Å²) < 4.78 is 0. The summed E-state index contributed by atoms with van der Waals surface area (Å²) >= 11 is 0. The van der Waals surface area contributed by atoms with Gasteiger partial charge in [0.2, 0.25) is 0 Å². The average molecular weight is 547 g/mol. The lowest BCUT2D eigenvalue weighted by Gasteiger charge is -2.19. The van der Waals surface area contributed by atoms with Gasteiger partial charge in [-0.25, -0.2) is 0 Å². The van der Waals surface area contributed by atoms with Crippen molar-refractivity contribution >= 4 is 7.26 Å². The van der Waals surface area contributed by atoms with Crippen LogP contribution in [0.3, 0.4) is 0 Å². The summed E-state index contributed by atoms with van der Waals surface area (Å²) in [6.07, 6.45) is 16.9. The summed E-state index contributed by atoms with van der Waals surface area (Å²) in [7, 11) is -0.775. The Kier molecular flexibility index (Phi) is 38.0. The van der Waals surface area contributed by atoms with E-state index in [0.29, 0.717) is 0 Å². The molecule has 0 aromatic rings. The third-order valence-corrected chi connectivity index (χ3v) is 8.98. The zero-order valence-electron chi connectivity index (χ0n) is 28.7. The lowest BCUT2D eigenvalue weighted by molar-refractivity contribution is 0.949. The molecule has 0 aromatic carbocycles. The van der Waals surface area contributed by atoms with Crippen LogP contribution >= 0.6 is 7.26 Å². The summed E-state index contributed by atoms with van der Waals surface area (Å²) in [6, 6.07) is 0. The van der Waals surface area contributed by atoms with Gasteiger partial charge in [-0.15, -0.1) is 6.58 Å². The van der Waals surface area contributed by atoms with E-state index in [4.69, 9.17) is 0 Å². The second kappa shape index (κ2) is 31.4. The highest BCUT2D eigenvalue weighted by molar-refractivity contribution is 7.75. The standard InChI is InChI=1S/C25H39NP.C3H6.4C2H6/c1-10-25(17-21(5)20(4)15-19(2)3)22(6)16-23(7)26-24(8)18-27(9)13-11-12-14-27;1-3-2;4*1-2/h10,15-17,26H,1,4,8,11-14,18H2,2-3,5-7,9H3;3H,1H2,2H3;4*1-2H3/q+1;;;;;/b21-17+,23-16+,25-22+;;;;;. The van der Waals surface area contributed by atoms with Crippen molar-refractivity contribution in [2.45, 2.75) is 110 Å². The maximum atomic E-state index is 4.28. The second-order valence-corrected chi connectivity index (χ2v) is 13.3. The van der Waals surface area contributed by atoms with Crippen LogP contribution in [0.15, 0.2) is 96.0 Å². The van der Waals surface area contributed by atoms with Gasteiger partial charge in [-0.2, -0.15) is 0 Å².